The monoisotopic (exact) mass is 560 g/mol. The van der Waals surface area contributed by atoms with Crippen molar-refractivity contribution < 1.29 is 19.2 Å². The summed E-state index contributed by atoms with van der Waals surface area (Å²) >= 11 is 0. The van der Waals surface area contributed by atoms with Gasteiger partial charge in [-0.3, -0.25) is 19.7 Å². The summed E-state index contributed by atoms with van der Waals surface area (Å²) < 4.78 is 5.54. The summed E-state index contributed by atoms with van der Waals surface area (Å²) in [4.78, 5) is 43.2. The lowest BCUT2D eigenvalue weighted by Gasteiger charge is -2.38. The van der Waals surface area contributed by atoms with Crippen LogP contribution in [0.25, 0.3) is 0 Å². The van der Waals surface area contributed by atoms with Gasteiger partial charge in [0.25, 0.3) is 17.5 Å². The van der Waals surface area contributed by atoms with E-state index in [4.69, 9.17) is 4.74 Å². The number of hydrogen-bond donors (Lipinski definition) is 2. The van der Waals surface area contributed by atoms with Crippen LogP contribution in [0.3, 0.4) is 0 Å². The number of nitrogens with one attached hydrogen (secondary N) is 2. The Hall–Kier alpha value is -4.64. The van der Waals surface area contributed by atoms with Crippen LogP contribution in [-0.4, -0.2) is 82.1 Å². The van der Waals surface area contributed by atoms with Crippen LogP contribution in [0, 0.1) is 10.1 Å². The SMILES string of the molecule is COc1ccccc1N1CCN(c2ccc(NC(=O)c3ccc([N+](=O)[O-])cc3)cc2C(=O)NCCCN(C)C)CC1. The molecule has 0 aromatic heterocycles. The van der Waals surface area contributed by atoms with Crippen molar-refractivity contribution >= 4 is 34.6 Å². The normalized spacial score (nSPS) is 13.2. The third-order valence-electron chi connectivity index (χ3n) is 6.95. The van der Waals surface area contributed by atoms with Gasteiger partial charge in [-0.1, -0.05) is 12.1 Å². The van der Waals surface area contributed by atoms with E-state index in [1.807, 2.05) is 44.4 Å². The summed E-state index contributed by atoms with van der Waals surface area (Å²) in [7, 11) is 5.64. The number of nitrogens with zero attached hydrogens (tertiary/aromatic N) is 4. The molecule has 1 fully saturated rings. The van der Waals surface area contributed by atoms with Gasteiger partial charge in [-0.15, -0.1) is 0 Å². The first-order chi connectivity index (χ1) is 19.8. The van der Waals surface area contributed by atoms with E-state index in [9.17, 15) is 19.7 Å². The Labute approximate surface area is 239 Å². The minimum atomic E-state index is -0.514. The molecular weight excluding hydrogens is 524 g/mol. The zero-order valence-corrected chi connectivity index (χ0v) is 23.6. The fraction of sp³-hybridized carbons (Fsp3) is 0.333. The van der Waals surface area contributed by atoms with Crippen molar-refractivity contribution in [1.82, 2.24) is 10.2 Å². The summed E-state index contributed by atoms with van der Waals surface area (Å²) in [6.45, 7) is 4.29. The molecule has 1 aliphatic heterocycles. The number of piperazine rings is 1. The summed E-state index contributed by atoms with van der Waals surface area (Å²) in [5, 5.41) is 16.8. The molecule has 1 aliphatic rings. The molecule has 0 radical (unpaired) electrons. The predicted octanol–water partition coefficient (Wildman–Crippen LogP) is 3.86. The maximum absolute atomic E-state index is 13.4. The first-order valence-electron chi connectivity index (χ1n) is 13.5. The molecular formula is C30H36N6O5. The topological polar surface area (TPSA) is 120 Å². The van der Waals surface area contributed by atoms with Crippen LogP contribution in [-0.2, 0) is 0 Å². The lowest BCUT2D eigenvalue weighted by Crippen LogP contribution is -2.47. The van der Waals surface area contributed by atoms with Crippen molar-refractivity contribution in [3.63, 3.8) is 0 Å². The number of carbonyl (C=O) groups is 2. The summed E-state index contributed by atoms with van der Waals surface area (Å²) in [6.07, 6.45) is 0.808. The molecule has 2 N–H and O–H groups in total. The molecule has 11 nitrogen and oxygen atoms in total. The highest BCUT2D eigenvalue weighted by Gasteiger charge is 2.24. The van der Waals surface area contributed by atoms with Gasteiger partial charge >= 0.3 is 0 Å². The lowest BCUT2D eigenvalue weighted by atomic mass is 10.1. The number of hydrogen-bond acceptors (Lipinski definition) is 8. The second-order valence-electron chi connectivity index (χ2n) is 10.0. The maximum atomic E-state index is 13.4. The number of methoxy groups -OCH3 is 1. The highest BCUT2D eigenvalue weighted by atomic mass is 16.6. The number of carbonyl (C=O) groups excluding carboxylic acids is 2. The lowest BCUT2D eigenvalue weighted by molar-refractivity contribution is -0.384. The van der Waals surface area contributed by atoms with Gasteiger partial charge in [-0.2, -0.15) is 0 Å². The molecule has 0 unspecified atom stereocenters. The molecule has 1 heterocycles. The second-order valence-corrected chi connectivity index (χ2v) is 10.0. The van der Waals surface area contributed by atoms with E-state index < -0.39 is 10.8 Å². The smallest absolute Gasteiger partial charge is 0.269 e. The quantitative estimate of drug-likeness (QED) is 0.206. The molecule has 0 saturated carbocycles. The molecule has 0 atom stereocenters. The number of rotatable bonds is 11. The van der Waals surface area contributed by atoms with Crippen LogP contribution in [0.4, 0.5) is 22.7 Å². The fourth-order valence-electron chi connectivity index (χ4n) is 4.78. The third kappa shape index (κ3) is 7.52. The highest BCUT2D eigenvalue weighted by Crippen LogP contribution is 2.31. The Morgan fingerprint density at radius 2 is 1.59 bits per heavy atom. The minimum Gasteiger partial charge on any atom is -0.495 e. The molecule has 3 aromatic rings. The molecule has 0 spiro atoms. The molecule has 1 saturated heterocycles. The zero-order valence-electron chi connectivity index (χ0n) is 23.6. The number of para-hydroxylation sites is 2. The Kier molecular flexibility index (Phi) is 9.75. The van der Waals surface area contributed by atoms with Gasteiger partial charge in [0, 0.05) is 61.8 Å². The van der Waals surface area contributed by atoms with Crippen molar-refractivity contribution in [2.45, 2.75) is 6.42 Å². The molecule has 41 heavy (non-hydrogen) atoms. The van der Waals surface area contributed by atoms with Gasteiger partial charge < -0.3 is 30.1 Å². The Bertz CT molecular complexity index is 1370. The van der Waals surface area contributed by atoms with Gasteiger partial charge in [0.1, 0.15) is 5.75 Å². The highest BCUT2D eigenvalue weighted by molar-refractivity contribution is 6.06. The van der Waals surface area contributed by atoms with Crippen LogP contribution in [0.2, 0.25) is 0 Å². The van der Waals surface area contributed by atoms with Gasteiger partial charge in [-0.25, -0.2) is 0 Å². The van der Waals surface area contributed by atoms with E-state index >= 15 is 0 Å². The van der Waals surface area contributed by atoms with Gasteiger partial charge in [0.15, 0.2) is 0 Å². The van der Waals surface area contributed by atoms with Gasteiger partial charge in [0.2, 0.25) is 0 Å². The van der Waals surface area contributed by atoms with Crippen molar-refractivity contribution in [2.75, 3.05) is 75.6 Å². The molecule has 0 aliphatic carbocycles. The van der Waals surface area contributed by atoms with Gasteiger partial charge in [-0.05, 0) is 69.5 Å². The Morgan fingerprint density at radius 1 is 0.927 bits per heavy atom. The van der Waals surface area contributed by atoms with Crippen molar-refractivity contribution in [1.29, 1.82) is 0 Å². The van der Waals surface area contributed by atoms with E-state index in [-0.39, 0.29) is 17.2 Å². The summed E-state index contributed by atoms with van der Waals surface area (Å²) in [5.74, 6) is 0.194. The van der Waals surface area contributed by atoms with Crippen LogP contribution < -0.4 is 25.2 Å². The number of ether oxygens (including phenoxy) is 1. The van der Waals surface area contributed by atoms with Crippen molar-refractivity contribution in [3.05, 3.63) is 88.0 Å². The number of non-ortho nitro benzene ring substituents is 1. The number of nitro benzene ring substituents is 1. The van der Waals surface area contributed by atoms with Crippen molar-refractivity contribution in [3.8, 4) is 5.75 Å². The predicted molar refractivity (Wildman–Crippen MR) is 160 cm³/mol. The summed E-state index contributed by atoms with van der Waals surface area (Å²) in [6, 6.07) is 18.6. The van der Waals surface area contributed by atoms with E-state index in [0.717, 1.165) is 43.2 Å². The standard InChI is InChI=1S/C30H36N6O5/c1-33(2)16-6-15-31-30(38)25-21-23(32-29(37)22-9-12-24(13-10-22)36(39)40)11-14-26(25)34-17-19-35(20-18-34)27-7-4-5-8-28(27)41-3/h4-5,7-14,21H,6,15-20H2,1-3H3,(H,31,38)(H,32,37). The second kappa shape index (κ2) is 13.6. The molecule has 2 amide bonds. The number of nitro groups is 1. The number of anilines is 3. The first-order valence-corrected chi connectivity index (χ1v) is 13.5. The molecule has 4 rings (SSSR count). The largest absolute Gasteiger partial charge is 0.495 e. The van der Waals surface area contributed by atoms with Crippen LogP contribution >= 0.6 is 0 Å². The van der Waals surface area contributed by atoms with Crippen LogP contribution in [0.15, 0.2) is 66.7 Å². The van der Waals surface area contributed by atoms with Gasteiger partial charge in [0.05, 0.1) is 23.3 Å². The average molecular weight is 561 g/mol. The summed E-state index contributed by atoms with van der Waals surface area (Å²) in [5.41, 5.74) is 2.96. The Morgan fingerprint density at radius 3 is 2.22 bits per heavy atom. The minimum absolute atomic E-state index is 0.0927. The van der Waals surface area contributed by atoms with E-state index in [1.54, 1.807) is 19.2 Å². The maximum Gasteiger partial charge on any atom is 0.269 e. The van der Waals surface area contributed by atoms with E-state index in [0.29, 0.717) is 30.9 Å². The van der Waals surface area contributed by atoms with E-state index in [2.05, 4.69) is 25.3 Å². The third-order valence-corrected chi connectivity index (χ3v) is 6.95. The van der Waals surface area contributed by atoms with Crippen LogP contribution in [0.1, 0.15) is 27.1 Å². The number of benzene rings is 3. The van der Waals surface area contributed by atoms with Crippen LogP contribution in [0.5, 0.6) is 5.75 Å². The molecule has 11 heteroatoms. The molecule has 216 valence electrons. The number of amides is 2. The fourth-order valence-corrected chi connectivity index (χ4v) is 4.78. The first kappa shape index (κ1) is 29.3. The average Bonchev–Trinajstić information content (AvgIpc) is 2.99. The molecule has 0 bridgehead atoms. The van der Waals surface area contributed by atoms with Crippen molar-refractivity contribution in [2.24, 2.45) is 0 Å². The zero-order chi connectivity index (χ0) is 29.4. The van der Waals surface area contributed by atoms with E-state index in [1.165, 1.54) is 24.3 Å². The molecule has 3 aromatic carbocycles. The Balaban J connectivity index is 1.52.